The molecule has 1 N–H and O–H groups in total. The highest BCUT2D eigenvalue weighted by Gasteiger charge is 2.37. The largest absolute Gasteiger partial charge is 0.465 e. The van der Waals surface area contributed by atoms with Crippen molar-refractivity contribution in [3.63, 3.8) is 0 Å². The van der Waals surface area contributed by atoms with Gasteiger partial charge in [0.15, 0.2) is 8.32 Å². The average molecular weight is 263 g/mol. The van der Waals surface area contributed by atoms with Gasteiger partial charge in [-0.1, -0.05) is 20.8 Å². The van der Waals surface area contributed by atoms with Gasteiger partial charge in [0.25, 0.3) is 0 Å². The molecule has 0 atom stereocenters. The number of amides is 1. The number of halogens is 1. The van der Waals surface area contributed by atoms with E-state index in [4.69, 9.17) is 9.53 Å². The van der Waals surface area contributed by atoms with E-state index in [2.05, 4.69) is 20.8 Å². The number of carbonyl (C=O) groups is 1. The van der Waals surface area contributed by atoms with E-state index in [-0.39, 0.29) is 18.3 Å². The van der Waals surface area contributed by atoms with Crippen LogP contribution in [0.4, 0.5) is 9.18 Å². The van der Waals surface area contributed by atoms with Crippen LogP contribution in [0.5, 0.6) is 0 Å². The van der Waals surface area contributed by atoms with Crippen molar-refractivity contribution in [2.45, 2.75) is 38.9 Å². The zero-order valence-electron chi connectivity index (χ0n) is 11.2. The lowest BCUT2D eigenvalue weighted by molar-refractivity contribution is 0.0998. The molecule has 0 unspecified atom stereocenters. The minimum absolute atomic E-state index is 0.000453. The summed E-state index contributed by atoms with van der Waals surface area (Å²) >= 11 is 0. The Balaban J connectivity index is 4.45. The van der Waals surface area contributed by atoms with Gasteiger partial charge in [-0.05, 0) is 24.2 Å². The summed E-state index contributed by atoms with van der Waals surface area (Å²) in [6, 6.07) is 0. The number of rotatable bonds is 5. The lowest BCUT2D eigenvalue weighted by Crippen LogP contribution is -2.45. The summed E-state index contributed by atoms with van der Waals surface area (Å²) in [5.74, 6) is 0. The fraction of sp³-hybridized carbons (Fsp3) is 0.727. The van der Waals surface area contributed by atoms with Crippen molar-refractivity contribution < 1.29 is 18.7 Å². The van der Waals surface area contributed by atoms with Gasteiger partial charge in [0, 0.05) is 6.54 Å². The Labute approximate surface area is 103 Å². The molecular weight excluding hydrogens is 241 g/mol. The third-order valence-corrected chi connectivity index (χ3v) is 7.54. The first-order valence-electron chi connectivity index (χ1n) is 5.49. The van der Waals surface area contributed by atoms with Crippen LogP contribution in [-0.2, 0) is 4.43 Å². The summed E-state index contributed by atoms with van der Waals surface area (Å²) in [5, 5.41) is 8.93. The van der Waals surface area contributed by atoms with Crippen LogP contribution in [0.3, 0.4) is 0 Å². The first kappa shape index (κ1) is 16.1. The van der Waals surface area contributed by atoms with Gasteiger partial charge in [-0.25, -0.2) is 9.18 Å². The van der Waals surface area contributed by atoms with Crippen LogP contribution in [0, 0.1) is 0 Å². The van der Waals surface area contributed by atoms with E-state index in [1.165, 1.54) is 0 Å². The van der Waals surface area contributed by atoms with Crippen LogP contribution in [0.1, 0.15) is 20.8 Å². The van der Waals surface area contributed by atoms with Crippen LogP contribution in [0.25, 0.3) is 0 Å². The number of nitrogens with zero attached hydrogens (tertiary/aromatic N) is 1. The molecule has 0 rings (SSSR count). The molecule has 0 saturated carbocycles. The highest BCUT2D eigenvalue weighted by Crippen LogP contribution is 2.36. The van der Waals surface area contributed by atoms with Gasteiger partial charge in [-0.3, -0.25) is 4.90 Å². The maximum atomic E-state index is 11.8. The van der Waals surface area contributed by atoms with Crippen molar-refractivity contribution in [1.82, 2.24) is 4.90 Å². The molecule has 0 bridgehead atoms. The molecule has 0 aromatic rings. The minimum Gasteiger partial charge on any atom is -0.465 e. The van der Waals surface area contributed by atoms with Crippen LogP contribution >= 0.6 is 0 Å². The zero-order valence-corrected chi connectivity index (χ0v) is 12.2. The van der Waals surface area contributed by atoms with Gasteiger partial charge in [0.2, 0.25) is 0 Å². The van der Waals surface area contributed by atoms with Crippen LogP contribution < -0.4 is 0 Å². The van der Waals surface area contributed by atoms with Crippen molar-refractivity contribution in [2.75, 3.05) is 13.3 Å². The topological polar surface area (TPSA) is 49.8 Å². The van der Waals surface area contributed by atoms with Crippen molar-refractivity contribution >= 4 is 14.4 Å². The van der Waals surface area contributed by atoms with Gasteiger partial charge < -0.3 is 9.53 Å². The molecule has 0 aromatic heterocycles. The summed E-state index contributed by atoms with van der Waals surface area (Å²) in [7, 11) is -1.98. The summed E-state index contributed by atoms with van der Waals surface area (Å²) in [5.41, 5.74) is 0. The standard InChI is InChI=1S/C11H22FNO3Si/c1-11(2,3)17(4,5)16-9-13(10(14)15)8-6-7-12/h6-7H,8-9H2,1-5H3,(H,14,15). The molecule has 6 heteroatoms. The smallest absolute Gasteiger partial charge is 0.409 e. The maximum absolute atomic E-state index is 11.8. The van der Waals surface area contributed by atoms with E-state index in [0.717, 1.165) is 11.0 Å². The monoisotopic (exact) mass is 263 g/mol. The van der Waals surface area contributed by atoms with Crippen LogP contribution in [0.2, 0.25) is 18.1 Å². The molecule has 0 aliphatic rings. The molecule has 1 amide bonds. The Kier molecular flexibility index (Phi) is 5.84. The third-order valence-electron chi connectivity index (χ3n) is 3.07. The first-order valence-corrected chi connectivity index (χ1v) is 8.39. The molecular formula is C11H22FNO3Si. The highest BCUT2D eigenvalue weighted by molar-refractivity contribution is 6.74. The fourth-order valence-corrected chi connectivity index (χ4v) is 1.72. The maximum Gasteiger partial charge on any atom is 0.409 e. The van der Waals surface area contributed by atoms with Crippen molar-refractivity contribution in [3.05, 3.63) is 12.4 Å². The van der Waals surface area contributed by atoms with Crippen molar-refractivity contribution in [3.8, 4) is 0 Å². The second-order valence-corrected chi connectivity index (χ2v) is 10.2. The molecule has 0 fully saturated rings. The fourth-order valence-electron chi connectivity index (χ4n) is 0.809. The van der Waals surface area contributed by atoms with Crippen molar-refractivity contribution in [2.24, 2.45) is 0 Å². The minimum atomic E-state index is -1.98. The molecule has 0 spiro atoms. The summed E-state index contributed by atoms with van der Waals surface area (Å²) in [6.07, 6.45) is 0.368. The van der Waals surface area contributed by atoms with E-state index < -0.39 is 14.4 Å². The summed E-state index contributed by atoms with van der Waals surface area (Å²) < 4.78 is 17.6. The van der Waals surface area contributed by atoms with Gasteiger partial charge in [-0.2, -0.15) is 0 Å². The Bertz CT molecular complexity index is 287. The number of carboxylic acid groups (broad SMARTS) is 1. The van der Waals surface area contributed by atoms with E-state index in [9.17, 15) is 9.18 Å². The molecule has 17 heavy (non-hydrogen) atoms. The Morgan fingerprint density at radius 3 is 2.35 bits per heavy atom. The average Bonchev–Trinajstić information content (AvgIpc) is 2.15. The second kappa shape index (κ2) is 6.16. The van der Waals surface area contributed by atoms with E-state index in [1.54, 1.807) is 0 Å². The third kappa shape index (κ3) is 5.32. The normalized spacial score (nSPS) is 13.1. The Morgan fingerprint density at radius 2 is 2.00 bits per heavy atom. The molecule has 0 heterocycles. The van der Waals surface area contributed by atoms with Gasteiger partial charge in [0.1, 0.15) is 6.73 Å². The molecule has 0 aromatic carbocycles. The molecule has 0 saturated heterocycles. The van der Waals surface area contributed by atoms with E-state index in [1.807, 2.05) is 13.1 Å². The van der Waals surface area contributed by atoms with E-state index in [0.29, 0.717) is 6.33 Å². The van der Waals surface area contributed by atoms with Crippen LogP contribution in [-0.4, -0.2) is 37.7 Å². The van der Waals surface area contributed by atoms with Gasteiger partial charge in [-0.15, -0.1) is 0 Å². The molecule has 0 aliphatic heterocycles. The molecule has 4 nitrogen and oxygen atoms in total. The highest BCUT2D eigenvalue weighted by atomic mass is 28.4. The summed E-state index contributed by atoms with van der Waals surface area (Å²) in [4.78, 5) is 11.9. The predicted molar refractivity (Wildman–Crippen MR) is 68.1 cm³/mol. The van der Waals surface area contributed by atoms with Gasteiger partial charge in [0.05, 0.1) is 6.33 Å². The predicted octanol–water partition coefficient (Wildman–Crippen LogP) is 3.43. The quantitative estimate of drug-likeness (QED) is 0.610. The number of hydrogen-bond donors (Lipinski definition) is 1. The first-order chi connectivity index (χ1) is 7.62. The second-order valence-electron chi connectivity index (χ2n) is 5.40. The van der Waals surface area contributed by atoms with Crippen molar-refractivity contribution in [1.29, 1.82) is 0 Å². The lowest BCUT2D eigenvalue weighted by Gasteiger charge is -2.37. The molecule has 100 valence electrons. The Hall–Kier alpha value is -0.883. The Morgan fingerprint density at radius 1 is 1.47 bits per heavy atom. The molecule has 0 aliphatic carbocycles. The summed E-state index contributed by atoms with van der Waals surface area (Å²) in [6.45, 7) is 10.3. The SMILES string of the molecule is CC(C)(C)[Si](C)(C)OCN(CC=CF)C(=O)O. The zero-order chi connectivity index (χ0) is 13.7. The van der Waals surface area contributed by atoms with Crippen LogP contribution in [0.15, 0.2) is 12.4 Å². The number of hydrogen-bond acceptors (Lipinski definition) is 2. The van der Waals surface area contributed by atoms with Gasteiger partial charge >= 0.3 is 6.09 Å². The van der Waals surface area contributed by atoms with E-state index >= 15 is 0 Å². The lowest BCUT2D eigenvalue weighted by atomic mass is 10.2. The molecule has 0 radical (unpaired) electrons.